The zero-order chi connectivity index (χ0) is 13.9. The Labute approximate surface area is 115 Å². The number of rotatable bonds is 3. The molecule has 1 aromatic rings. The minimum atomic E-state index is -1.09. The number of aliphatic hydroxyl groups is 1. The molecule has 0 radical (unpaired) electrons. The molecule has 0 unspecified atom stereocenters. The minimum Gasteiger partial charge on any atom is -0.459 e. The van der Waals surface area contributed by atoms with Crippen molar-refractivity contribution in [3.8, 4) is 0 Å². The summed E-state index contributed by atoms with van der Waals surface area (Å²) in [5.41, 5.74) is 5.66. The number of halogens is 1. The molecule has 0 aromatic heterocycles. The average Bonchev–Trinajstić information content (AvgIpc) is 2.26. The molecule has 0 heterocycles. The maximum absolute atomic E-state index is 11.7. The smallest absolute Gasteiger partial charge is 0.326 e. The number of hydrogen-bond acceptors (Lipinski definition) is 4. The summed E-state index contributed by atoms with van der Waals surface area (Å²) in [6.45, 7) is 5.26. The van der Waals surface area contributed by atoms with Crippen molar-refractivity contribution >= 4 is 21.9 Å². The third-order valence-electron chi connectivity index (χ3n) is 2.23. The van der Waals surface area contributed by atoms with Gasteiger partial charge in [0.2, 0.25) is 0 Å². The topological polar surface area (TPSA) is 72.5 Å². The monoisotopic (exact) mass is 315 g/mol. The van der Waals surface area contributed by atoms with Crippen LogP contribution < -0.4 is 5.73 Å². The molecule has 0 bridgehead atoms. The molecule has 100 valence electrons. The van der Waals surface area contributed by atoms with Crippen LogP contribution in [0.15, 0.2) is 28.7 Å². The minimum absolute atomic E-state index is 0.580. The Bertz CT molecular complexity index is 411. The van der Waals surface area contributed by atoms with Crippen LogP contribution in [0.4, 0.5) is 0 Å². The number of carbonyl (C=O) groups is 1. The highest BCUT2D eigenvalue weighted by Crippen LogP contribution is 2.20. The lowest BCUT2D eigenvalue weighted by atomic mass is 10.0. The van der Waals surface area contributed by atoms with Crippen LogP contribution in [0.3, 0.4) is 0 Å². The number of esters is 1. The normalized spacial score (nSPS) is 15.0. The molecule has 2 atom stereocenters. The number of benzene rings is 1. The zero-order valence-electron chi connectivity index (χ0n) is 10.7. The second kappa shape index (κ2) is 5.82. The standard InChI is InChI=1S/C13H18BrNO3/c1-13(2,3)18-12(17)10(15)11(16)8-4-6-9(14)7-5-8/h4-7,10-11,16H,15H2,1-3H3/t10-,11+/m0/s1. The average molecular weight is 316 g/mol. The molecule has 3 N–H and O–H groups in total. The quantitative estimate of drug-likeness (QED) is 0.838. The lowest BCUT2D eigenvalue weighted by molar-refractivity contribution is -0.159. The van der Waals surface area contributed by atoms with E-state index in [1.807, 2.05) is 0 Å². The molecule has 0 spiro atoms. The number of ether oxygens (including phenoxy) is 1. The lowest BCUT2D eigenvalue weighted by Gasteiger charge is -2.24. The molecule has 18 heavy (non-hydrogen) atoms. The third kappa shape index (κ3) is 4.40. The van der Waals surface area contributed by atoms with E-state index in [0.29, 0.717) is 5.56 Å². The van der Waals surface area contributed by atoms with Gasteiger partial charge in [0.25, 0.3) is 0 Å². The second-order valence-corrected chi connectivity index (χ2v) is 5.97. The van der Waals surface area contributed by atoms with Gasteiger partial charge < -0.3 is 15.6 Å². The van der Waals surface area contributed by atoms with Crippen LogP contribution in [-0.2, 0) is 9.53 Å². The van der Waals surface area contributed by atoms with Gasteiger partial charge in [-0.3, -0.25) is 4.79 Å². The van der Waals surface area contributed by atoms with Crippen molar-refractivity contribution < 1.29 is 14.6 Å². The molecular weight excluding hydrogens is 298 g/mol. The predicted molar refractivity (Wildman–Crippen MR) is 72.9 cm³/mol. The summed E-state index contributed by atoms with van der Waals surface area (Å²) in [4.78, 5) is 11.7. The van der Waals surface area contributed by atoms with Crippen LogP contribution >= 0.6 is 15.9 Å². The first-order valence-corrected chi connectivity index (χ1v) is 6.42. The Morgan fingerprint density at radius 2 is 1.83 bits per heavy atom. The van der Waals surface area contributed by atoms with E-state index in [-0.39, 0.29) is 0 Å². The van der Waals surface area contributed by atoms with Crippen LogP contribution in [0, 0.1) is 0 Å². The first-order chi connectivity index (χ1) is 8.20. The van der Waals surface area contributed by atoms with Crippen molar-refractivity contribution in [2.45, 2.75) is 38.5 Å². The van der Waals surface area contributed by atoms with E-state index in [1.54, 1.807) is 45.0 Å². The van der Waals surface area contributed by atoms with Crippen LogP contribution in [0.5, 0.6) is 0 Å². The summed E-state index contributed by atoms with van der Waals surface area (Å²) in [6, 6.07) is 5.88. The highest BCUT2D eigenvalue weighted by atomic mass is 79.9. The Morgan fingerprint density at radius 1 is 1.33 bits per heavy atom. The van der Waals surface area contributed by atoms with Crippen molar-refractivity contribution in [3.05, 3.63) is 34.3 Å². The van der Waals surface area contributed by atoms with Gasteiger partial charge in [0.15, 0.2) is 0 Å². The van der Waals surface area contributed by atoms with Crippen LogP contribution in [0.25, 0.3) is 0 Å². The second-order valence-electron chi connectivity index (χ2n) is 5.06. The summed E-state index contributed by atoms with van der Waals surface area (Å²) < 4.78 is 6.03. The highest BCUT2D eigenvalue weighted by molar-refractivity contribution is 9.10. The SMILES string of the molecule is CC(C)(C)OC(=O)[C@@H](N)[C@H](O)c1ccc(Br)cc1. The van der Waals surface area contributed by atoms with E-state index < -0.39 is 23.7 Å². The number of carbonyl (C=O) groups excluding carboxylic acids is 1. The maximum Gasteiger partial charge on any atom is 0.326 e. The molecule has 1 aromatic carbocycles. The molecule has 0 amide bonds. The van der Waals surface area contributed by atoms with E-state index in [2.05, 4.69) is 15.9 Å². The van der Waals surface area contributed by atoms with E-state index in [1.165, 1.54) is 0 Å². The third-order valence-corrected chi connectivity index (χ3v) is 2.76. The van der Waals surface area contributed by atoms with E-state index in [9.17, 15) is 9.90 Å². The van der Waals surface area contributed by atoms with Gasteiger partial charge in [-0.2, -0.15) is 0 Å². The van der Waals surface area contributed by atoms with Gasteiger partial charge >= 0.3 is 5.97 Å². The van der Waals surface area contributed by atoms with Crippen molar-refractivity contribution in [2.24, 2.45) is 5.73 Å². The first kappa shape index (κ1) is 15.1. The fourth-order valence-electron chi connectivity index (χ4n) is 1.37. The number of aliphatic hydroxyl groups excluding tert-OH is 1. The summed E-state index contributed by atoms with van der Waals surface area (Å²) in [6.07, 6.45) is -1.08. The summed E-state index contributed by atoms with van der Waals surface area (Å²) >= 11 is 3.30. The van der Waals surface area contributed by atoms with Crippen LogP contribution in [0.2, 0.25) is 0 Å². The number of nitrogens with two attached hydrogens (primary N) is 1. The van der Waals surface area contributed by atoms with Gasteiger partial charge in [-0.05, 0) is 38.5 Å². The van der Waals surface area contributed by atoms with Crippen molar-refractivity contribution in [1.82, 2.24) is 0 Å². The van der Waals surface area contributed by atoms with Crippen molar-refractivity contribution in [3.63, 3.8) is 0 Å². The van der Waals surface area contributed by atoms with Crippen molar-refractivity contribution in [2.75, 3.05) is 0 Å². The van der Waals surface area contributed by atoms with E-state index in [0.717, 1.165) is 4.47 Å². The van der Waals surface area contributed by atoms with E-state index in [4.69, 9.17) is 10.5 Å². The zero-order valence-corrected chi connectivity index (χ0v) is 12.3. The molecule has 4 nitrogen and oxygen atoms in total. The summed E-state index contributed by atoms with van der Waals surface area (Å²) in [5, 5.41) is 10.0. The molecule has 0 fully saturated rings. The van der Waals surface area contributed by atoms with Gasteiger partial charge in [-0.1, -0.05) is 28.1 Å². The molecule has 1 rings (SSSR count). The van der Waals surface area contributed by atoms with Gasteiger partial charge in [0, 0.05) is 4.47 Å². The number of hydrogen-bond donors (Lipinski definition) is 2. The molecule has 0 saturated heterocycles. The Balaban J connectivity index is 2.74. The molecular formula is C13H18BrNO3. The predicted octanol–water partition coefficient (Wildman–Crippen LogP) is 2.15. The fourth-order valence-corrected chi connectivity index (χ4v) is 1.63. The first-order valence-electron chi connectivity index (χ1n) is 5.62. The van der Waals surface area contributed by atoms with Gasteiger partial charge in [-0.25, -0.2) is 0 Å². The molecule has 0 aliphatic rings. The Morgan fingerprint density at radius 3 is 2.28 bits per heavy atom. The highest BCUT2D eigenvalue weighted by Gasteiger charge is 2.28. The van der Waals surface area contributed by atoms with E-state index >= 15 is 0 Å². The van der Waals surface area contributed by atoms with Crippen LogP contribution in [0.1, 0.15) is 32.4 Å². The largest absolute Gasteiger partial charge is 0.459 e. The Hall–Kier alpha value is -0.910. The van der Waals surface area contributed by atoms with Gasteiger partial charge in [0.1, 0.15) is 17.7 Å². The van der Waals surface area contributed by atoms with Crippen molar-refractivity contribution in [1.29, 1.82) is 0 Å². The van der Waals surface area contributed by atoms with Crippen LogP contribution in [-0.4, -0.2) is 22.7 Å². The lowest BCUT2D eigenvalue weighted by Crippen LogP contribution is -2.41. The molecule has 0 aliphatic carbocycles. The van der Waals surface area contributed by atoms with Gasteiger partial charge in [-0.15, -0.1) is 0 Å². The fraction of sp³-hybridized carbons (Fsp3) is 0.462. The summed E-state index contributed by atoms with van der Waals surface area (Å²) in [5.74, 6) is -0.613. The molecule has 0 saturated carbocycles. The van der Waals surface area contributed by atoms with Gasteiger partial charge in [0.05, 0.1) is 0 Å². The Kier molecular flexibility index (Phi) is 4.90. The summed E-state index contributed by atoms with van der Waals surface area (Å²) in [7, 11) is 0. The maximum atomic E-state index is 11.7. The molecule has 0 aliphatic heterocycles. The molecule has 5 heteroatoms.